The van der Waals surface area contributed by atoms with Gasteiger partial charge in [0.05, 0.1) is 11.8 Å². The van der Waals surface area contributed by atoms with Gasteiger partial charge < -0.3 is 16.0 Å². The van der Waals surface area contributed by atoms with Crippen LogP contribution in [-0.4, -0.2) is 50.4 Å². The summed E-state index contributed by atoms with van der Waals surface area (Å²) in [7, 11) is 0. The third kappa shape index (κ3) is 4.31. The molecule has 2 aromatic rings. The van der Waals surface area contributed by atoms with Crippen LogP contribution in [0.25, 0.3) is 0 Å². The number of nitrogens with zero attached hydrogens (tertiary/aromatic N) is 5. The van der Waals surface area contributed by atoms with Crippen molar-refractivity contribution in [2.24, 2.45) is 5.73 Å². The summed E-state index contributed by atoms with van der Waals surface area (Å²) in [5, 5.41) is 3.11. The number of halogens is 1. The van der Waals surface area contributed by atoms with Gasteiger partial charge in [0, 0.05) is 36.9 Å². The van der Waals surface area contributed by atoms with Gasteiger partial charge in [-0.1, -0.05) is 0 Å². The van der Waals surface area contributed by atoms with Crippen molar-refractivity contribution in [2.75, 3.05) is 11.4 Å². The number of primary amides is 1. The molecule has 1 saturated heterocycles. The van der Waals surface area contributed by atoms with Gasteiger partial charge in [0.2, 0.25) is 0 Å². The van der Waals surface area contributed by atoms with Crippen LogP contribution in [0, 0.1) is 3.70 Å². The Morgan fingerprint density at radius 2 is 1.90 bits per heavy atom. The average molecular weight is 507 g/mol. The van der Waals surface area contributed by atoms with Crippen LogP contribution in [0.5, 0.6) is 0 Å². The SMILES string of the molecule is C[C@@H]1[C@H](NC(=O)c2cnc(C3CC3)nc2)CCCN1c1cnc(C(N)=O)c(I)n1. The Bertz CT molecular complexity index is 933. The van der Waals surface area contributed by atoms with E-state index in [-0.39, 0.29) is 23.7 Å². The zero-order chi connectivity index (χ0) is 20.5. The summed E-state index contributed by atoms with van der Waals surface area (Å²) in [6.07, 6.45) is 8.81. The van der Waals surface area contributed by atoms with Gasteiger partial charge in [0.1, 0.15) is 15.3 Å². The Labute approximate surface area is 182 Å². The van der Waals surface area contributed by atoms with Crippen molar-refractivity contribution in [1.29, 1.82) is 0 Å². The highest BCUT2D eigenvalue weighted by Crippen LogP contribution is 2.37. The molecule has 1 aliphatic heterocycles. The van der Waals surface area contributed by atoms with Gasteiger partial charge in [-0.15, -0.1) is 0 Å². The molecule has 29 heavy (non-hydrogen) atoms. The molecule has 0 aromatic carbocycles. The number of nitrogens with two attached hydrogens (primary N) is 1. The maximum absolute atomic E-state index is 12.7. The van der Waals surface area contributed by atoms with Crippen LogP contribution in [-0.2, 0) is 0 Å². The summed E-state index contributed by atoms with van der Waals surface area (Å²) in [5.74, 6) is 1.19. The molecule has 0 bridgehead atoms. The highest BCUT2D eigenvalue weighted by molar-refractivity contribution is 14.1. The molecule has 1 aliphatic carbocycles. The zero-order valence-corrected chi connectivity index (χ0v) is 18.2. The normalized spacial score (nSPS) is 21.7. The highest BCUT2D eigenvalue weighted by Gasteiger charge is 2.31. The van der Waals surface area contributed by atoms with Gasteiger partial charge >= 0.3 is 0 Å². The van der Waals surface area contributed by atoms with Crippen LogP contribution < -0.4 is 16.0 Å². The van der Waals surface area contributed by atoms with Crippen LogP contribution in [0.4, 0.5) is 5.82 Å². The number of nitrogens with one attached hydrogen (secondary N) is 1. The minimum Gasteiger partial charge on any atom is -0.364 e. The quantitative estimate of drug-likeness (QED) is 0.589. The summed E-state index contributed by atoms with van der Waals surface area (Å²) >= 11 is 1.96. The van der Waals surface area contributed by atoms with Crippen LogP contribution in [0.15, 0.2) is 18.6 Å². The number of rotatable bonds is 5. The van der Waals surface area contributed by atoms with E-state index in [1.807, 2.05) is 29.5 Å². The van der Waals surface area contributed by atoms with Crippen molar-refractivity contribution in [3.05, 3.63) is 39.4 Å². The maximum Gasteiger partial charge on any atom is 0.270 e. The van der Waals surface area contributed by atoms with Crippen molar-refractivity contribution in [1.82, 2.24) is 25.3 Å². The molecule has 1 saturated carbocycles. The van der Waals surface area contributed by atoms with Crippen molar-refractivity contribution < 1.29 is 9.59 Å². The number of carbonyl (C=O) groups is 2. The highest BCUT2D eigenvalue weighted by atomic mass is 127. The van der Waals surface area contributed by atoms with Gasteiger partial charge in [-0.25, -0.2) is 19.9 Å². The van der Waals surface area contributed by atoms with Crippen molar-refractivity contribution in [2.45, 2.75) is 50.6 Å². The van der Waals surface area contributed by atoms with Gasteiger partial charge in [0.15, 0.2) is 5.69 Å². The minimum atomic E-state index is -0.597. The maximum atomic E-state index is 12.7. The van der Waals surface area contributed by atoms with Crippen LogP contribution in [0.3, 0.4) is 0 Å². The third-order valence-electron chi connectivity index (χ3n) is 5.43. The zero-order valence-electron chi connectivity index (χ0n) is 16.0. The van der Waals surface area contributed by atoms with E-state index < -0.39 is 5.91 Å². The van der Waals surface area contributed by atoms with Gasteiger partial charge in [-0.3, -0.25) is 9.59 Å². The van der Waals surface area contributed by atoms with Gasteiger partial charge in [0.25, 0.3) is 11.8 Å². The van der Waals surface area contributed by atoms with Gasteiger partial charge in [-0.2, -0.15) is 0 Å². The smallest absolute Gasteiger partial charge is 0.270 e. The van der Waals surface area contributed by atoms with Crippen LogP contribution in [0.1, 0.15) is 65.2 Å². The first kappa shape index (κ1) is 19.9. The fraction of sp³-hybridized carbons (Fsp3) is 0.474. The molecule has 3 N–H and O–H groups in total. The molecule has 2 aliphatic rings. The minimum absolute atomic E-state index is 0.0175. The van der Waals surface area contributed by atoms with Crippen molar-refractivity contribution in [3.8, 4) is 0 Å². The number of piperidine rings is 1. The fourth-order valence-corrected chi connectivity index (χ4v) is 4.23. The summed E-state index contributed by atoms with van der Waals surface area (Å²) in [6.45, 7) is 2.85. The Morgan fingerprint density at radius 3 is 2.52 bits per heavy atom. The van der Waals surface area contributed by atoms with E-state index in [4.69, 9.17) is 5.73 Å². The number of aromatic nitrogens is 4. The predicted molar refractivity (Wildman–Crippen MR) is 115 cm³/mol. The summed E-state index contributed by atoms with van der Waals surface area (Å²) in [4.78, 5) is 43.5. The van der Waals surface area contributed by atoms with E-state index in [2.05, 4.69) is 30.2 Å². The molecule has 0 unspecified atom stereocenters. The lowest BCUT2D eigenvalue weighted by Gasteiger charge is -2.40. The lowest BCUT2D eigenvalue weighted by atomic mass is 9.97. The molecule has 2 atom stereocenters. The first-order chi connectivity index (χ1) is 13.9. The number of amides is 2. The second-order valence-corrected chi connectivity index (χ2v) is 8.51. The second kappa shape index (κ2) is 8.17. The van der Waals surface area contributed by atoms with E-state index in [0.717, 1.165) is 38.1 Å². The first-order valence-electron chi connectivity index (χ1n) is 9.66. The third-order valence-corrected chi connectivity index (χ3v) is 6.18. The van der Waals surface area contributed by atoms with Crippen LogP contribution >= 0.6 is 22.6 Å². The Hall–Kier alpha value is -2.37. The van der Waals surface area contributed by atoms with E-state index >= 15 is 0 Å². The van der Waals surface area contributed by atoms with E-state index in [1.165, 1.54) is 0 Å². The average Bonchev–Trinajstić information content (AvgIpc) is 3.54. The predicted octanol–water partition coefficient (Wildman–Crippen LogP) is 1.63. The Kier molecular flexibility index (Phi) is 5.61. The van der Waals surface area contributed by atoms with E-state index in [0.29, 0.717) is 21.0 Å². The molecular weight excluding hydrogens is 485 g/mol. The number of anilines is 1. The monoisotopic (exact) mass is 507 g/mol. The summed E-state index contributed by atoms with van der Waals surface area (Å²) < 4.78 is 0.471. The lowest BCUT2D eigenvalue weighted by Crippen LogP contribution is -2.54. The molecule has 2 aromatic heterocycles. The lowest BCUT2D eigenvalue weighted by molar-refractivity contribution is 0.0922. The first-order valence-corrected chi connectivity index (χ1v) is 10.7. The topological polar surface area (TPSA) is 127 Å². The number of hydrogen-bond donors (Lipinski definition) is 2. The largest absolute Gasteiger partial charge is 0.364 e. The Balaban J connectivity index is 1.45. The summed E-state index contributed by atoms with van der Waals surface area (Å²) in [5.41, 5.74) is 5.95. The molecule has 10 heteroatoms. The molecular formula is C19H22IN7O2. The summed E-state index contributed by atoms with van der Waals surface area (Å²) in [6, 6.07) is -0.0291. The molecule has 0 spiro atoms. The molecule has 4 rings (SSSR count). The molecule has 2 amide bonds. The molecule has 2 fully saturated rings. The van der Waals surface area contributed by atoms with E-state index in [1.54, 1.807) is 18.6 Å². The fourth-order valence-electron chi connectivity index (χ4n) is 3.58. The molecule has 3 heterocycles. The number of hydrogen-bond acceptors (Lipinski definition) is 7. The molecule has 152 valence electrons. The van der Waals surface area contributed by atoms with E-state index in [9.17, 15) is 9.59 Å². The van der Waals surface area contributed by atoms with Crippen molar-refractivity contribution in [3.63, 3.8) is 0 Å². The second-order valence-electron chi connectivity index (χ2n) is 7.49. The standard InChI is InChI=1S/C19H22IN7O2/c1-10-13(25-19(29)12-7-23-18(24-8-12)11-4-5-11)3-2-6-27(10)14-9-22-15(17(21)28)16(20)26-14/h7-11,13H,2-6H2,1H3,(H2,21,28)(H,25,29)/t10-,13-/m1/s1. The van der Waals surface area contributed by atoms with Crippen molar-refractivity contribution >= 4 is 40.2 Å². The molecule has 0 radical (unpaired) electrons. The van der Waals surface area contributed by atoms with Gasteiger partial charge in [-0.05, 0) is 55.2 Å². The Morgan fingerprint density at radius 1 is 1.17 bits per heavy atom. The van der Waals surface area contributed by atoms with Crippen LogP contribution in [0.2, 0.25) is 0 Å². The number of carbonyl (C=O) groups excluding carboxylic acids is 2. The molecule has 9 nitrogen and oxygen atoms in total.